The van der Waals surface area contributed by atoms with Gasteiger partial charge in [-0.25, -0.2) is 4.79 Å². The van der Waals surface area contributed by atoms with Gasteiger partial charge in [0.2, 0.25) is 0 Å². The Balaban J connectivity index is 2.14. The molecule has 0 atom stereocenters. The normalized spacial score (nSPS) is 10.4. The monoisotopic (exact) mass is 258 g/mol. The summed E-state index contributed by atoms with van der Waals surface area (Å²) in [5, 5.41) is 0. The average molecular weight is 258 g/mol. The minimum Gasteiger partial charge on any atom is -0.297 e. The molecular weight excluding hydrogens is 244 g/mol. The molecule has 5 nitrogen and oxygen atoms in total. The lowest BCUT2D eigenvalue weighted by Gasteiger charge is -2.05. The van der Waals surface area contributed by atoms with Crippen LogP contribution in [-0.4, -0.2) is 15.3 Å². The fourth-order valence-corrected chi connectivity index (χ4v) is 1.81. The van der Waals surface area contributed by atoms with E-state index in [4.69, 9.17) is 0 Å². The zero-order valence-corrected chi connectivity index (χ0v) is 10.6. The second-order valence-electron chi connectivity index (χ2n) is 4.40. The van der Waals surface area contributed by atoms with Gasteiger partial charge in [0.1, 0.15) is 0 Å². The van der Waals surface area contributed by atoms with E-state index in [1.165, 1.54) is 10.8 Å². The lowest BCUT2D eigenvalue weighted by Crippen LogP contribution is -2.33. The molecule has 0 saturated carbocycles. The van der Waals surface area contributed by atoms with E-state index in [9.17, 15) is 14.4 Å². The van der Waals surface area contributed by atoms with Gasteiger partial charge in [-0.3, -0.25) is 19.1 Å². The number of aryl methyl sites for hydroxylation is 1. The van der Waals surface area contributed by atoms with Crippen LogP contribution in [0.15, 0.2) is 46.1 Å². The van der Waals surface area contributed by atoms with Gasteiger partial charge >= 0.3 is 5.69 Å². The Kier molecular flexibility index (Phi) is 3.75. The number of nitrogens with one attached hydrogen (secondary N) is 1. The molecule has 0 unspecified atom stereocenters. The van der Waals surface area contributed by atoms with Gasteiger partial charge in [0.15, 0.2) is 5.78 Å². The molecule has 5 heteroatoms. The van der Waals surface area contributed by atoms with Crippen LogP contribution in [0.25, 0.3) is 0 Å². The number of H-pyrrole nitrogens is 1. The summed E-state index contributed by atoms with van der Waals surface area (Å²) in [6, 6.07) is 9.32. The minimum atomic E-state index is -0.558. The molecule has 0 bridgehead atoms. The highest BCUT2D eigenvalue weighted by molar-refractivity contribution is 5.80. The number of hydrogen-bond donors (Lipinski definition) is 1. The van der Waals surface area contributed by atoms with Gasteiger partial charge < -0.3 is 0 Å². The smallest absolute Gasteiger partial charge is 0.297 e. The van der Waals surface area contributed by atoms with Crippen LogP contribution in [0.3, 0.4) is 0 Å². The Labute approximate surface area is 109 Å². The molecular formula is C14H14N2O3. The molecule has 2 rings (SSSR count). The van der Waals surface area contributed by atoms with Gasteiger partial charge in [0.25, 0.3) is 5.56 Å². The Hall–Kier alpha value is -2.43. The summed E-state index contributed by atoms with van der Waals surface area (Å²) in [4.78, 5) is 36.8. The Bertz CT molecular complexity index is 699. The van der Waals surface area contributed by atoms with Crippen LogP contribution >= 0.6 is 0 Å². The minimum absolute atomic E-state index is 0.0364. The van der Waals surface area contributed by atoms with Gasteiger partial charge in [0.05, 0.1) is 6.54 Å². The van der Waals surface area contributed by atoms with Crippen LogP contribution in [0.1, 0.15) is 11.1 Å². The first-order valence-electron chi connectivity index (χ1n) is 5.92. The van der Waals surface area contributed by atoms with Gasteiger partial charge in [-0.2, -0.15) is 0 Å². The highest BCUT2D eigenvalue weighted by Gasteiger charge is 2.07. The molecule has 0 amide bonds. The second kappa shape index (κ2) is 5.48. The van der Waals surface area contributed by atoms with Crippen LogP contribution in [0, 0.1) is 6.92 Å². The Morgan fingerprint density at radius 1 is 1.21 bits per heavy atom. The molecule has 1 N–H and O–H groups in total. The molecule has 0 fully saturated rings. The topological polar surface area (TPSA) is 71.9 Å². The first kappa shape index (κ1) is 13.0. The summed E-state index contributed by atoms with van der Waals surface area (Å²) in [7, 11) is 0. The summed E-state index contributed by atoms with van der Waals surface area (Å²) in [6.07, 6.45) is 1.68. The largest absolute Gasteiger partial charge is 0.328 e. The third-order valence-corrected chi connectivity index (χ3v) is 2.78. The Morgan fingerprint density at radius 3 is 2.58 bits per heavy atom. The van der Waals surface area contributed by atoms with E-state index in [2.05, 4.69) is 4.98 Å². The lowest BCUT2D eigenvalue weighted by atomic mass is 10.1. The third-order valence-electron chi connectivity index (χ3n) is 2.78. The number of nitrogens with zero attached hydrogens (tertiary/aromatic N) is 1. The number of hydrogen-bond acceptors (Lipinski definition) is 3. The van der Waals surface area contributed by atoms with Crippen molar-refractivity contribution in [1.29, 1.82) is 0 Å². The fraction of sp³-hybridized carbons (Fsp3) is 0.214. The zero-order valence-electron chi connectivity index (χ0n) is 10.6. The molecule has 0 aliphatic carbocycles. The van der Waals surface area contributed by atoms with Gasteiger partial charge in [-0.05, 0) is 12.5 Å². The maximum atomic E-state index is 11.9. The standard InChI is InChI=1S/C14H14N2O3/c1-10-8-16(14(19)15-13(10)18)9-12(17)7-11-5-3-2-4-6-11/h2-6,8H,7,9H2,1H3,(H,15,18,19). The van der Waals surface area contributed by atoms with Crippen molar-refractivity contribution in [2.24, 2.45) is 0 Å². The van der Waals surface area contributed by atoms with E-state index in [1.54, 1.807) is 6.92 Å². The number of Topliss-reactive ketones (excluding diaryl/α,β-unsaturated/α-hetero) is 1. The van der Waals surface area contributed by atoms with Crippen molar-refractivity contribution in [3.63, 3.8) is 0 Å². The molecule has 0 aliphatic heterocycles. The number of aromatic amines is 1. The molecule has 19 heavy (non-hydrogen) atoms. The molecule has 2 aromatic rings. The highest BCUT2D eigenvalue weighted by Crippen LogP contribution is 2.01. The average Bonchev–Trinajstić information content (AvgIpc) is 2.37. The molecule has 0 aliphatic rings. The third kappa shape index (κ3) is 3.28. The molecule has 1 heterocycles. The van der Waals surface area contributed by atoms with Gasteiger partial charge in [0, 0.05) is 18.2 Å². The first-order chi connectivity index (χ1) is 9.06. The van der Waals surface area contributed by atoms with E-state index in [1.807, 2.05) is 30.3 Å². The van der Waals surface area contributed by atoms with Crippen LogP contribution < -0.4 is 11.2 Å². The molecule has 1 aromatic carbocycles. The van der Waals surface area contributed by atoms with Crippen molar-refractivity contribution < 1.29 is 4.79 Å². The number of carbonyl (C=O) groups is 1. The van der Waals surface area contributed by atoms with Gasteiger partial charge in [-0.15, -0.1) is 0 Å². The van der Waals surface area contributed by atoms with Crippen molar-refractivity contribution >= 4 is 5.78 Å². The van der Waals surface area contributed by atoms with Crippen molar-refractivity contribution in [1.82, 2.24) is 9.55 Å². The Morgan fingerprint density at radius 2 is 1.89 bits per heavy atom. The van der Waals surface area contributed by atoms with E-state index < -0.39 is 11.2 Å². The summed E-state index contributed by atoms with van der Waals surface area (Å²) in [5.74, 6) is -0.0836. The lowest BCUT2D eigenvalue weighted by molar-refractivity contribution is -0.119. The van der Waals surface area contributed by atoms with E-state index >= 15 is 0 Å². The summed E-state index contributed by atoms with van der Waals surface area (Å²) in [5.41, 5.74) is 0.336. The molecule has 1 aromatic heterocycles. The molecule has 0 saturated heterocycles. The predicted molar refractivity (Wildman–Crippen MR) is 71.2 cm³/mol. The van der Waals surface area contributed by atoms with Crippen LogP contribution in [0.5, 0.6) is 0 Å². The number of rotatable bonds is 4. The van der Waals surface area contributed by atoms with Crippen molar-refractivity contribution in [2.75, 3.05) is 0 Å². The molecule has 98 valence electrons. The van der Waals surface area contributed by atoms with E-state index in [0.29, 0.717) is 5.56 Å². The number of aromatic nitrogens is 2. The molecule has 0 spiro atoms. The predicted octanol–water partition coefficient (Wildman–Crippen LogP) is 0.657. The number of benzene rings is 1. The van der Waals surface area contributed by atoms with Crippen LogP contribution in [0.2, 0.25) is 0 Å². The highest BCUT2D eigenvalue weighted by atomic mass is 16.2. The molecule has 0 radical (unpaired) electrons. The van der Waals surface area contributed by atoms with Crippen molar-refractivity contribution in [2.45, 2.75) is 19.9 Å². The number of carbonyl (C=O) groups excluding carboxylic acids is 1. The summed E-state index contributed by atoms with van der Waals surface area (Å²) in [6.45, 7) is 1.56. The number of ketones is 1. The van der Waals surface area contributed by atoms with Crippen LogP contribution in [-0.2, 0) is 17.8 Å². The summed E-state index contributed by atoms with van der Waals surface area (Å²) >= 11 is 0. The van der Waals surface area contributed by atoms with Crippen LogP contribution in [0.4, 0.5) is 0 Å². The second-order valence-corrected chi connectivity index (χ2v) is 4.40. The van der Waals surface area contributed by atoms with Gasteiger partial charge in [-0.1, -0.05) is 30.3 Å². The SMILES string of the molecule is Cc1cn(CC(=O)Cc2ccccc2)c(=O)[nH]c1=O. The quantitative estimate of drug-likeness (QED) is 0.875. The first-order valence-corrected chi connectivity index (χ1v) is 5.92. The zero-order chi connectivity index (χ0) is 13.8. The van der Waals surface area contributed by atoms with Crippen molar-refractivity contribution in [3.8, 4) is 0 Å². The maximum Gasteiger partial charge on any atom is 0.328 e. The van der Waals surface area contributed by atoms with E-state index in [0.717, 1.165) is 5.56 Å². The fourth-order valence-electron chi connectivity index (χ4n) is 1.81. The van der Waals surface area contributed by atoms with E-state index in [-0.39, 0.29) is 18.7 Å². The van der Waals surface area contributed by atoms with Crippen molar-refractivity contribution in [3.05, 3.63) is 68.5 Å². The maximum absolute atomic E-state index is 11.9. The summed E-state index contributed by atoms with van der Waals surface area (Å²) < 4.78 is 1.22.